The molecule has 3 amide bonds. The van der Waals surface area contributed by atoms with Gasteiger partial charge in [-0.3, -0.25) is 9.69 Å². The van der Waals surface area contributed by atoms with E-state index in [2.05, 4.69) is 26.9 Å². The van der Waals surface area contributed by atoms with Crippen LogP contribution in [0, 0.1) is 0 Å². The van der Waals surface area contributed by atoms with Gasteiger partial charge in [-0.2, -0.15) is 0 Å². The molecule has 3 saturated heterocycles. The second-order valence-electron chi connectivity index (χ2n) is 8.57. The fraction of sp³-hybridized carbons (Fsp3) is 0.905. The Kier molecular flexibility index (Phi) is 9.01. The van der Waals surface area contributed by atoms with Gasteiger partial charge in [0, 0.05) is 72.0 Å². The number of unbranched alkanes of at least 4 members (excludes halogenated alkanes) is 1. The molecule has 3 aliphatic heterocycles. The van der Waals surface area contributed by atoms with Gasteiger partial charge in [-0.1, -0.05) is 6.92 Å². The minimum atomic E-state index is 0.0482. The van der Waals surface area contributed by atoms with Crippen molar-refractivity contribution in [3.05, 3.63) is 0 Å². The zero-order chi connectivity index (χ0) is 20.5. The molecule has 8 nitrogen and oxygen atoms in total. The molecule has 0 aromatic heterocycles. The van der Waals surface area contributed by atoms with Crippen LogP contribution in [0.4, 0.5) is 4.79 Å². The first-order valence-corrected chi connectivity index (χ1v) is 11.6. The van der Waals surface area contributed by atoms with Gasteiger partial charge in [0.1, 0.15) is 0 Å². The summed E-state index contributed by atoms with van der Waals surface area (Å²) in [6.45, 7) is 15.3. The van der Waals surface area contributed by atoms with Crippen molar-refractivity contribution in [3.63, 3.8) is 0 Å². The molecule has 0 aliphatic carbocycles. The number of urea groups is 1. The van der Waals surface area contributed by atoms with E-state index >= 15 is 0 Å². The van der Waals surface area contributed by atoms with Crippen LogP contribution in [-0.2, 0) is 4.79 Å². The lowest BCUT2D eigenvalue weighted by atomic mass is 10.2. The largest absolute Gasteiger partial charge is 0.342 e. The molecule has 3 rings (SSSR count). The number of piperazine rings is 2. The van der Waals surface area contributed by atoms with Crippen molar-refractivity contribution in [3.8, 4) is 0 Å². The lowest BCUT2D eigenvalue weighted by Gasteiger charge is -2.35. The molecule has 29 heavy (non-hydrogen) atoms. The summed E-state index contributed by atoms with van der Waals surface area (Å²) >= 11 is 0. The monoisotopic (exact) mass is 408 g/mol. The lowest BCUT2D eigenvalue weighted by molar-refractivity contribution is -0.131. The number of nitrogens with one attached hydrogen (secondary N) is 1. The van der Waals surface area contributed by atoms with Crippen LogP contribution in [0.15, 0.2) is 0 Å². The van der Waals surface area contributed by atoms with Crippen molar-refractivity contribution in [2.75, 3.05) is 91.6 Å². The summed E-state index contributed by atoms with van der Waals surface area (Å²) in [7, 11) is 0. The zero-order valence-corrected chi connectivity index (χ0v) is 18.3. The van der Waals surface area contributed by atoms with E-state index in [4.69, 9.17) is 0 Å². The van der Waals surface area contributed by atoms with Crippen molar-refractivity contribution in [2.24, 2.45) is 0 Å². The summed E-state index contributed by atoms with van der Waals surface area (Å²) in [6, 6.07) is 0.0482. The molecule has 3 heterocycles. The van der Waals surface area contributed by atoms with Gasteiger partial charge in [-0.05, 0) is 38.8 Å². The molecule has 0 radical (unpaired) electrons. The maximum atomic E-state index is 12.4. The molecule has 8 heteroatoms. The van der Waals surface area contributed by atoms with Crippen LogP contribution in [0.25, 0.3) is 0 Å². The predicted octanol–water partition coefficient (Wildman–Crippen LogP) is 0.354. The Balaban J connectivity index is 1.21. The molecular weight excluding hydrogens is 368 g/mol. The summed E-state index contributed by atoms with van der Waals surface area (Å²) < 4.78 is 0. The summed E-state index contributed by atoms with van der Waals surface area (Å²) in [5.74, 6) is 0.247. The fourth-order valence-corrected chi connectivity index (χ4v) is 4.46. The molecule has 3 aliphatic rings. The van der Waals surface area contributed by atoms with Crippen molar-refractivity contribution >= 4 is 11.9 Å². The Bertz CT molecular complexity index is 509. The molecular formula is C21H40N6O2. The third-order valence-corrected chi connectivity index (χ3v) is 6.57. The highest BCUT2D eigenvalue weighted by Crippen LogP contribution is 2.09. The van der Waals surface area contributed by atoms with Crippen molar-refractivity contribution in [1.82, 2.24) is 29.8 Å². The van der Waals surface area contributed by atoms with Gasteiger partial charge in [-0.25, -0.2) is 4.79 Å². The molecule has 1 N–H and O–H groups in total. The fourth-order valence-electron chi connectivity index (χ4n) is 4.46. The minimum absolute atomic E-state index is 0.0482. The number of hydrogen-bond donors (Lipinski definition) is 1. The van der Waals surface area contributed by atoms with E-state index in [9.17, 15) is 9.59 Å². The van der Waals surface area contributed by atoms with E-state index in [1.807, 2.05) is 9.80 Å². The number of amides is 3. The van der Waals surface area contributed by atoms with Gasteiger partial charge in [-0.15, -0.1) is 0 Å². The number of likely N-dealkylation sites (tertiary alicyclic amines) is 1. The number of carbonyl (C=O) groups is 2. The standard InChI is InChI=1S/C21H40N6O2/c1-2-23-11-13-24(14-12-23)8-4-3-7-22-21(29)27-17-15-25(16-18-27)19-20(28)26-9-5-6-10-26/h2-19H2,1H3,(H,22,29). The smallest absolute Gasteiger partial charge is 0.317 e. The van der Waals surface area contributed by atoms with Crippen LogP contribution in [0.2, 0.25) is 0 Å². The van der Waals surface area contributed by atoms with Gasteiger partial charge in [0.2, 0.25) is 5.91 Å². The molecule has 0 unspecified atom stereocenters. The van der Waals surface area contributed by atoms with Gasteiger partial charge in [0.05, 0.1) is 6.54 Å². The Labute approximate surface area is 176 Å². The Morgan fingerprint density at radius 3 is 2.00 bits per heavy atom. The molecule has 0 bridgehead atoms. The highest BCUT2D eigenvalue weighted by molar-refractivity contribution is 5.78. The third-order valence-electron chi connectivity index (χ3n) is 6.57. The van der Waals surface area contributed by atoms with E-state index in [1.54, 1.807) is 0 Å². The summed E-state index contributed by atoms with van der Waals surface area (Å²) in [4.78, 5) is 35.7. The van der Waals surface area contributed by atoms with E-state index in [0.29, 0.717) is 19.6 Å². The lowest BCUT2D eigenvalue weighted by Crippen LogP contribution is -2.53. The number of carbonyl (C=O) groups excluding carboxylic acids is 2. The molecule has 0 atom stereocenters. The number of likely N-dealkylation sites (N-methyl/N-ethyl adjacent to an activating group) is 1. The SMILES string of the molecule is CCN1CCN(CCCCNC(=O)N2CCN(CC(=O)N3CCCC3)CC2)CC1. The quantitative estimate of drug-likeness (QED) is 0.588. The van der Waals surface area contributed by atoms with E-state index < -0.39 is 0 Å². The minimum Gasteiger partial charge on any atom is -0.342 e. The second-order valence-corrected chi connectivity index (χ2v) is 8.57. The average Bonchev–Trinajstić information content (AvgIpc) is 3.29. The van der Waals surface area contributed by atoms with Crippen molar-refractivity contribution in [1.29, 1.82) is 0 Å². The van der Waals surface area contributed by atoms with Crippen molar-refractivity contribution in [2.45, 2.75) is 32.6 Å². The van der Waals surface area contributed by atoms with E-state index in [1.165, 1.54) is 26.2 Å². The first-order chi connectivity index (χ1) is 14.2. The third kappa shape index (κ3) is 7.12. The average molecular weight is 409 g/mol. The normalized spacial score (nSPS) is 22.2. The number of hydrogen-bond acceptors (Lipinski definition) is 5. The van der Waals surface area contributed by atoms with Crippen LogP contribution < -0.4 is 5.32 Å². The first-order valence-electron chi connectivity index (χ1n) is 11.6. The molecule has 0 spiro atoms. The zero-order valence-electron chi connectivity index (χ0n) is 18.3. The molecule has 166 valence electrons. The highest BCUT2D eigenvalue weighted by Gasteiger charge is 2.25. The molecule has 0 aromatic rings. The van der Waals surface area contributed by atoms with Crippen LogP contribution in [0.5, 0.6) is 0 Å². The summed E-state index contributed by atoms with van der Waals surface area (Å²) in [5.41, 5.74) is 0. The molecule has 0 aromatic carbocycles. The van der Waals surface area contributed by atoms with E-state index in [-0.39, 0.29) is 11.9 Å². The van der Waals surface area contributed by atoms with Gasteiger partial charge < -0.3 is 24.9 Å². The Morgan fingerprint density at radius 2 is 1.34 bits per heavy atom. The summed E-state index contributed by atoms with van der Waals surface area (Å²) in [6.07, 6.45) is 4.44. The number of rotatable bonds is 8. The van der Waals surface area contributed by atoms with Crippen LogP contribution in [0.3, 0.4) is 0 Å². The first kappa shape index (κ1) is 22.3. The van der Waals surface area contributed by atoms with E-state index in [0.717, 1.165) is 71.5 Å². The van der Waals surface area contributed by atoms with Crippen LogP contribution >= 0.6 is 0 Å². The van der Waals surface area contributed by atoms with Gasteiger partial charge >= 0.3 is 6.03 Å². The van der Waals surface area contributed by atoms with Crippen LogP contribution in [-0.4, -0.2) is 128 Å². The Hall–Kier alpha value is -1.38. The van der Waals surface area contributed by atoms with Crippen molar-refractivity contribution < 1.29 is 9.59 Å². The maximum Gasteiger partial charge on any atom is 0.317 e. The number of nitrogens with zero attached hydrogens (tertiary/aromatic N) is 5. The second kappa shape index (κ2) is 11.7. The highest BCUT2D eigenvalue weighted by atomic mass is 16.2. The topological polar surface area (TPSA) is 62.4 Å². The predicted molar refractivity (Wildman–Crippen MR) is 115 cm³/mol. The van der Waals surface area contributed by atoms with Gasteiger partial charge in [0.25, 0.3) is 0 Å². The molecule has 0 saturated carbocycles. The molecule has 3 fully saturated rings. The Morgan fingerprint density at radius 1 is 0.724 bits per heavy atom. The van der Waals surface area contributed by atoms with Gasteiger partial charge in [0.15, 0.2) is 0 Å². The summed E-state index contributed by atoms with van der Waals surface area (Å²) in [5, 5.41) is 3.07. The maximum absolute atomic E-state index is 12.4. The van der Waals surface area contributed by atoms with Crippen LogP contribution in [0.1, 0.15) is 32.6 Å².